The molecule has 1 aromatic heterocycles. The van der Waals surface area contributed by atoms with E-state index in [9.17, 15) is 4.79 Å². The summed E-state index contributed by atoms with van der Waals surface area (Å²) in [5, 5.41) is 6.61. The molecule has 0 aliphatic heterocycles. The SMILES string of the molecule is CCCNC1CCC(NC(=O)c2ccc(C)o2)CC1. The number of carbonyl (C=O) groups is 1. The topological polar surface area (TPSA) is 54.3 Å². The first kappa shape index (κ1) is 14.1. The molecule has 1 amide bonds. The average Bonchev–Trinajstić information content (AvgIpc) is 2.85. The van der Waals surface area contributed by atoms with Crippen LogP contribution in [0.15, 0.2) is 16.5 Å². The lowest BCUT2D eigenvalue weighted by Gasteiger charge is -2.29. The molecule has 1 aliphatic carbocycles. The van der Waals surface area contributed by atoms with Crippen LogP contribution in [-0.2, 0) is 0 Å². The molecule has 4 heteroatoms. The van der Waals surface area contributed by atoms with E-state index in [0.717, 1.165) is 38.0 Å². The van der Waals surface area contributed by atoms with Gasteiger partial charge in [-0.2, -0.15) is 0 Å². The predicted molar refractivity (Wildman–Crippen MR) is 75.2 cm³/mol. The van der Waals surface area contributed by atoms with E-state index in [4.69, 9.17) is 4.42 Å². The fourth-order valence-corrected chi connectivity index (χ4v) is 2.60. The van der Waals surface area contributed by atoms with Gasteiger partial charge in [0.1, 0.15) is 5.76 Å². The molecule has 2 rings (SSSR count). The molecule has 0 atom stereocenters. The summed E-state index contributed by atoms with van der Waals surface area (Å²) < 4.78 is 5.34. The highest BCUT2D eigenvalue weighted by atomic mass is 16.3. The lowest BCUT2D eigenvalue weighted by Crippen LogP contribution is -2.42. The van der Waals surface area contributed by atoms with Gasteiger partial charge in [-0.25, -0.2) is 0 Å². The van der Waals surface area contributed by atoms with Gasteiger partial charge in [0, 0.05) is 12.1 Å². The second-order valence-corrected chi connectivity index (χ2v) is 5.39. The zero-order chi connectivity index (χ0) is 13.7. The first-order valence-electron chi connectivity index (χ1n) is 7.29. The maximum Gasteiger partial charge on any atom is 0.287 e. The van der Waals surface area contributed by atoms with Crippen LogP contribution in [0.2, 0.25) is 0 Å². The molecule has 2 N–H and O–H groups in total. The van der Waals surface area contributed by atoms with Gasteiger partial charge >= 0.3 is 0 Å². The van der Waals surface area contributed by atoms with Crippen LogP contribution in [0, 0.1) is 6.92 Å². The Morgan fingerprint density at radius 1 is 1.26 bits per heavy atom. The summed E-state index contributed by atoms with van der Waals surface area (Å²) in [5.41, 5.74) is 0. The van der Waals surface area contributed by atoms with E-state index >= 15 is 0 Å². The van der Waals surface area contributed by atoms with E-state index < -0.39 is 0 Å². The molecule has 0 unspecified atom stereocenters. The van der Waals surface area contributed by atoms with Gasteiger partial charge < -0.3 is 15.1 Å². The number of aryl methyl sites for hydroxylation is 1. The molecule has 1 aliphatic rings. The number of hydrogen-bond acceptors (Lipinski definition) is 3. The second kappa shape index (κ2) is 6.75. The van der Waals surface area contributed by atoms with Gasteiger partial charge in [0.05, 0.1) is 0 Å². The highest BCUT2D eigenvalue weighted by Gasteiger charge is 2.23. The van der Waals surface area contributed by atoms with Crippen LogP contribution >= 0.6 is 0 Å². The molecule has 1 heterocycles. The molecule has 0 aromatic carbocycles. The summed E-state index contributed by atoms with van der Waals surface area (Å²) in [5.74, 6) is 1.11. The van der Waals surface area contributed by atoms with Crippen molar-refractivity contribution in [1.82, 2.24) is 10.6 Å². The van der Waals surface area contributed by atoms with Crippen molar-refractivity contribution in [2.45, 2.75) is 58.0 Å². The van der Waals surface area contributed by atoms with Crippen molar-refractivity contribution in [2.24, 2.45) is 0 Å². The Bertz CT molecular complexity index is 406. The Morgan fingerprint density at radius 3 is 2.53 bits per heavy atom. The molecule has 19 heavy (non-hydrogen) atoms. The molecule has 0 spiro atoms. The van der Waals surface area contributed by atoms with E-state index in [0.29, 0.717) is 11.8 Å². The fourth-order valence-electron chi connectivity index (χ4n) is 2.60. The van der Waals surface area contributed by atoms with Crippen LogP contribution in [-0.4, -0.2) is 24.5 Å². The highest BCUT2D eigenvalue weighted by molar-refractivity contribution is 5.91. The maximum atomic E-state index is 12.0. The van der Waals surface area contributed by atoms with Crippen LogP contribution in [0.3, 0.4) is 0 Å². The summed E-state index contributed by atoms with van der Waals surface area (Å²) in [4.78, 5) is 12.0. The summed E-state index contributed by atoms with van der Waals surface area (Å²) in [6, 6.07) is 4.47. The minimum atomic E-state index is -0.0851. The van der Waals surface area contributed by atoms with Crippen LogP contribution in [0.25, 0.3) is 0 Å². The normalized spacial score (nSPS) is 23.3. The minimum absolute atomic E-state index is 0.0851. The smallest absolute Gasteiger partial charge is 0.287 e. The Morgan fingerprint density at radius 2 is 1.95 bits per heavy atom. The predicted octanol–water partition coefficient (Wildman–Crippen LogP) is 2.63. The molecule has 1 saturated carbocycles. The van der Waals surface area contributed by atoms with Crippen LogP contribution in [0.1, 0.15) is 55.3 Å². The van der Waals surface area contributed by atoms with E-state index in [2.05, 4.69) is 17.6 Å². The zero-order valence-corrected chi connectivity index (χ0v) is 11.9. The number of nitrogens with one attached hydrogen (secondary N) is 2. The lowest BCUT2D eigenvalue weighted by molar-refractivity contribution is 0.0895. The second-order valence-electron chi connectivity index (χ2n) is 5.39. The van der Waals surface area contributed by atoms with Crippen molar-refractivity contribution in [2.75, 3.05) is 6.54 Å². The van der Waals surface area contributed by atoms with Gasteiger partial charge in [-0.05, 0) is 57.7 Å². The molecular formula is C15H24N2O2. The summed E-state index contributed by atoms with van der Waals surface area (Å²) >= 11 is 0. The fraction of sp³-hybridized carbons (Fsp3) is 0.667. The third-order valence-corrected chi connectivity index (χ3v) is 3.71. The first-order valence-corrected chi connectivity index (χ1v) is 7.29. The van der Waals surface area contributed by atoms with Gasteiger partial charge in [0.25, 0.3) is 5.91 Å². The first-order chi connectivity index (χ1) is 9.19. The van der Waals surface area contributed by atoms with Gasteiger partial charge in [-0.15, -0.1) is 0 Å². The Hall–Kier alpha value is -1.29. The molecule has 106 valence electrons. The average molecular weight is 264 g/mol. The van der Waals surface area contributed by atoms with Crippen LogP contribution in [0.4, 0.5) is 0 Å². The van der Waals surface area contributed by atoms with Crippen LogP contribution < -0.4 is 10.6 Å². The molecule has 0 radical (unpaired) electrons. The Kier molecular flexibility index (Phi) is 5.02. The summed E-state index contributed by atoms with van der Waals surface area (Å²) in [6.45, 7) is 5.12. The Labute approximate surface area is 114 Å². The molecule has 1 aromatic rings. The molecule has 0 saturated heterocycles. The summed E-state index contributed by atoms with van der Waals surface area (Å²) in [7, 11) is 0. The quantitative estimate of drug-likeness (QED) is 0.859. The summed E-state index contributed by atoms with van der Waals surface area (Å²) in [6.07, 6.45) is 5.55. The number of hydrogen-bond donors (Lipinski definition) is 2. The third kappa shape index (κ3) is 4.10. The molecule has 1 fully saturated rings. The van der Waals surface area contributed by atoms with E-state index in [-0.39, 0.29) is 11.9 Å². The number of amides is 1. The van der Waals surface area contributed by atoms with Crippen molar-refractivity contribution in [3.8, 4) is 0 Å². The van der Waals surface area contributed by atoms with Crippen molar-refractivity contribution < 1.29 is 9.21 Å². The van der Waals surface area contributed by atoms with E-state index in [1.165, 1.54) is 6.42 Å². The molecule has 4 nitrogen and oxygen atoms in total. The molecular weight excluding hydrogens is 240 g/mol. The highest BCUT2D eigenvalue weighted by Crippen LogP contribution is 2.19. The van der Waals surface area contributed by atoms with Crippen molar-refractivity contribution in [1.29, 1.82) is 0 Å². The van der Waals surface area contributed by atoms with Crippen LogP contribution in [0.5, 0.6) is 0 Å². The van der Waals surface area contributed by atoms with Crippen molar-refractivity contribution >= 4 is 5.91 Å². The van der Waals surface area contributed by atoms with E-state index in [1.54, 1.807) is 6.07 Å². The largest absolute Gasteiger partial charge is 0.456 e. The third-order valence-electron chi connectivity index (χ3n) is 3.71. The van der Waals surface area contributed by atoms with Gasteiger partial charge in [-0.1, -0.05) is 6.92 Å². The van der Waals surface area contributed by atoms with Crippen molar-refractivity contribution in [3.63, 3.8) is 0 Å². The number of furan rings is 1. The van der Waals surface area contributed by atoms with Gasteiger partial charge in [-0.3, -0.25) is 4.79 Å². The van der Waals surface area contributed by atoms with Crippen molar-refractivity contribution in [3.05, 3.63) is 23.7 Å². The minimum Gasteiger partial charge on any atom is -0.456 e. The standard InChI is InChI=1S/C15H24N2O2/c1-3-10-16-12-5-7-13(8-6-12)17-15(18)14-9-4-11(2)19-14/h4,9,12-13,16H,3,5-8,10H2,1-2H3,(H,17,18). The zero-order valence-electron chi connectivity index (χ0n) is 11.9. The number of carbonyl (C=O) groups excluding carboxylic acids is 1. The molecule has 0 bridgehead atoms. The van der Waals surface area contributed by atoms with E-state index in [1.807, 2.05) is 13.0 Å². The number of rotatable bonds is 5. The lowest BCUT2D eigenvalue weighted by atomic mass is 9.91. The maximum absolute atomic E-state index is 12.0. The van der Waals surface area contributed by atoms with Gasteiger partial charge in [0.2, 0.25) is 0 Å². The van der Waals surface area contributed by atoms with Gasteiger partial charge in [0.15, 0.2) is 5.76 Å². The Balaban J connectivity index is 1.75. The monoisotopic (exact) mass is 264 g/mol.